The first-order valence-corrected chi connectivity index (χ1v) is 8.15. The molecule has 0 heterocycles. The molecule has 0 atom stereocenters. The standard InChI is InChI=1S/C19H20FN3O3/c20-16-8-6-15(7-9-16)19(26)23-13-18(25)21-11-10-17(24)22-12-14-4-2-1-3-5-14/h1-9H,10-13H2,(H,21,25)(H,22,24)(H,23,26). The number of rotatable bonds is 8. The van der Waals surface area contributed by atoms with Crippen molar-refractivity contribution >= 4 is 17.7 Å². The Hall–Kier alpha value is -3.22. The topological polar surface area (TPSA) is 87.3 Å². The summed E-state index contributed by atoms with van der Waals surface area (Å²) in [7, 11) is 0. The number of halogens is 1. The number of hydrogen-bond acceptors (Lipinski definition) is 3. The van der Waals surface area contributed by atoms with Gasteiger partial charge in [0.1, 0.15) is 5.82 Å². The first-order valence-electron chi connectivity index (χ1n) is 8.15. The van der Waals surface area contributed by atoms with E-state index in [0.29, 0.717) is 6.54 Å². The maximum absolute atomic E-state index is 12.8. The monoisotopic (exact) mass is 357 g/mol. The molecule has 0 saturated carbocycles. The number of benzene rings is 2. The molecule has 7 heteroatoms. The van der Waals surface area contributed by atoms with Crippen LogP contribution >= 0.6 is 0 Å². The van der Waals surface area contributed by atoms with Crippen molar-refractivity contribution in [2.45, 2.75) is 13.0 Å². The van der Waals surface area contributed by atoms with Crippen LogP contribution in [0.1, 0.15) is 22.3 Å². The molecule has 2 rings (SSSR count). The molecular formula is C19H20FN3O3. The van der Waals surface area contributed by atoms with Crippen molar-refractivity contribution in [2.75, 3.05) is 13.1 Å². The number of carbonyl (C=O) groups is 3. The molecule has 136 valence electrons. The smallest absolute Gasteiger partial charge is 0.251 e. The number of hydrogen-bond donors (Lipinski definition) is 3. The predicted molar refractivity (Wildman–Crippen MR) is 94.6 cm³/mol. The lowest BCUT2D eigenvalue weighted by Crippen LogP contribution is -2.38. The number of carbonyl (C=O) groups excluding carboxylic acids is 3. The van der Waals surface area contributed by atoms with Crippen molar-refractivity contribution in [3.8, 4) is 0 Å². The molecule has 0 fully saturated rings. The zero-order valence-electron chi connectivity index (χ0n) is 14.1. The highest BCUT2D eigenvalue weighted by Crippen LogP contribution is 2.02. The first kappa shape index (κ1) is 19.1. The van der Waals surface area contributed by atoms with Crippen LogP contribution in [0.25, 0.3) is 0 Å². The van der Waals surface area contributed by atoms with E-state index in [1.54, 1.807) is 0 Å². The Morgan fingerprint density at radius 2 is 1.50 bits per heavy atom. The summed E-state index contributed by atoms with van der Waals surface area (Å²) in [6.07, 6.45) is 0.143. The zero-order chi connectivity index (χ0) is 18.8. The lowest BCUT2D eigenvalue weighted by molar-refractivity contribution is -0.122. The fourth-order valence-corrected chi connectivity index (χ4v) is 2.13. The van der Waals surface area contributed by atoms with Crippen molar-refractivity contribution in [1.29, 1.82) is 0 Å². The Bertz CT molecular complexity index is 748. The highest BCUT2D eigenvalue weighted by molar-refractivity contribution is 5.96. The maximum atomic E-state index is 12.8. The van der Waals surface area contributed by atoms with Gasteiger partial charge in [0.2, 0.25) is 11.8 Å². The normalized spacial score (nSPS) is 10.0. The fraction of sp³-hybridized carbons (Fsp3) is 0.211. The summed E-state index contributed by atoms with van der Waals surface area (Å²) in [4.78, 5) is 35.2. The quantitative estimate of drug-likeness (QED) is 0.667. The fourth-order valence-electron chi connectivity index (χ4n) is 2.13. The van der Waals surface area contributed by atoms with Gasteiger partial charge < -0.3 is 16.0 Å². The van der Waals surface area contributed by atoms with Gasteiger partial charge in [-0.05, 0) is 29.8 Å². The third-order valence-electron chi connectivity index (χ3n) is 3.52. The Balaban J connectivity index is 1.60. The zero-order valence-corrected chi connectivity index (χ0v) is 14.1. The van der Waals surface area contributed by atoms with E-state index in [1.165, 1.54) is 24.3 Å². The molecule has 0 aromatic heterocycles. The summed E-state index contributed by atoms with van der Waals surface area (Å²) in [5, 5.41) is 7.74. The van der Waals surface area contributed by atoms with E-state index < -0.39 is 17.6 Å². The van der Waals surface area contributed by atoms with Crippen LogP contribution < -0.4 is 16.0 Å². The van der Waals surface area contributed by atoms with Crippen LogP contribution in [0.2, 0.25) is 0 Å². The molecule has 0 unspecified atom stereocenters. The van der Waals surface area contributed by atoms with Crippen molar-refractivity contribution in [3.05, 3.63) is 71.5 Å². The van der Waals surface area contributed by atoms with Gasteiger partial charge in [0.05, 0.1) is 6.54 Å². The molecule has 0 bridgehead atoms. The van der Waals surface area contributed by atoms with Crippen molar-refractivity contribution in [1.82, 2.24) is 16.0 Å². The maximum Gasteiger partial charge on any atom is 0.251 e. The molecular weight excluding hydrogens is 337 g/mol. The molecule has 2 aromatic carbocycles. The second-order valence-electron chi connectivity index (χ2n) is 5.55. The van der Waals surface area contributed by atoms with Gasteiger partial charge in [-0.3, -0.25) is 14.4 Å². The van der Waals surface area contributed by atoms with E-state index in [0.717, 1.165) is 5.56 Å². The molecule has 2 aromatic rings. The minimum Gasteiger partial charge on any atom is -0.354 e. The Morgan fingerprint density at radius 3 is 2.19 bits per heavy atom. The Labute approximate surface area is 150 Å². The lowest BCUT2D eigenvalue weighted by atomic mass is 10.2. The molecule has 0 aliphatic carbocycles. The van der Waals surface area contributed by atoms with Gasteiger partial charge >= 0.3 is 0 Å². The molecule has 3 N–H and O–H groups in total. The van der Waals surface area contributed by atoms with Gasteiger partial charge in [0.25, 0.3) is 5.91 Å². The van der Waals surface area contributed by atoms with Crippen LogP contribution in [0.15, 0.2) is 54.6 Å². The van der Waals surface area contributed by atoms with E-state index in [9.17, 15) is 18.8 Å². The minimum atomic E-state index is -0.472. The molecule has 26 heavy (non-hydrogen) atoms. The van der Waals surface area contributed by atoms with E-state index in [4.69, 9.17) is 0 Å². The predicted octanol–water partition coefficient (Wildman–Crippen LogP) is 1.38. The van der Waals surface area contributed by atoms with Gasteiger partial charge in [-0.25, -0.2) is 4.39 Å². The van der Waals surface area contributed by atoms with Crippen LogP contribution in [0, 0.1) is 5.82 Å². The summed E-state index contributed by atoms with van der Waals surface area (Å²) in [5.41, 5.74) is 1.26. The third-order valence-corrected chi connectivity index (χ3v) is 3.52. The van der Waals surface area contributed by atoms with Crippen molar-refractivity contribution in [2.24, 2.45) is 0 Å². The highest BCUT2D eigenvalue weighted by atomic mass is 19.1. The molecule has 0 aliphatic heterocycles. The van der Waals surface area contributed by atoms with Crippen molar-refractivity contribution in [3.63, 3.8) is 0 Å². The Morgan fingerprint density at radius 1 is 0.808 bits per heavy atom. The molecule has 0 radical (unpaired) electrons. The Kier molecular flexibility index (Phi) is 7.30. The molecule has 0 aliphatic rings. The van der Waals surface area contributed by atoms with Crippen LogP contribution in [-0.4, -0.2) is 30.8 Å². The van der Waals surface area contributed by atoms with Gasteiger partial charge in [0, 0.05) is 25.1 Å². The first-order chi connectivity index (χ1) is 12.5. The summed E-state index contributed by atoms with van der Waals surface area (Å²) in [5.74, 6) is -1.49. The van der Waals surface area contributed by atoms with Crippen LogP contribution in [-0.2, 0) is 16.1 Å². The number of nitrogens with one attached hydrogen (secondary N) is 3. The van der Waals surface area contributed by atoms with E-state index >= 15 is 0 Å². The summed E-state index contributed by atoms with van der Waals surface area (Å²) < 4.78 is 12.8. The number of amides is 3. The molecule has 3 amide bonds. The van der Waals surface area contributed by atoms with E-state index in [2.05, 4.69) is 16.0 Å². The average molecular weight is 357 g/mol. The second kappa shape index (κ2) is 9.93. The largest absolute Gasteiger partial charge is 0.354 e. The lowest BCUT2D eigenvalue weighted by Gasteiger charge is -2.08. The summed E-state index contributed by atoms with van der Waals surface area (Å²) >= 11 is 0. The van der Waals surface area contributed by atoms with Crippen molar-refractivity contribution < 1.29 is 18.8 Å². The minimum absolute atomic E-state index is 0.143. The average Bonchev–Trinajstić information content (AvgIpc) is 2.66. The second-order valence-corrected chi connectivity index (χ2v) is 5.55. The SMILES string of the molecule is O=C(CCNC(=O)CNC(=O)c1ccc(F)cc1)NCc1ccccc1. The van der Waals surface area contributed by atoms with Crippen LogP contribution in [0.4, 0.5) is 4.39 Å². The highest BCUT2D eigenvalue weighted by Gasteiger charge is 2.08. The van der Waals surface area contributed by atoms with Crippen LogP contribution in [0.5, 0.6) is 0 Å². The molecule has 6 nitrogen and oxygen atoms in total. The van der Waals surface area contributed by atoms with Gasteiger partial charge in [0.15, 0.2) is 0 Å². The van der Waals surface area contributed by atoms with E-state index in [1.807, 2.05) is 30.3 Å². The third kappa shape index (κ3) is 6.72. The summed E-state index contributed by atoms with van der Waals surface area (Å²) in [6.45, 7) is 0.384. The van der Waals surface area contributed by atoms with Gasteiger partial charge in [-0.2, -0.15) is 0 Å². The van der Waals surface area contributed by atoms with E-state index in [-0.39, 0.29) is 31.0 Å². The molecule has 0 spiro atoms. The molecule has 0 saturated heterocycles. The van der Waals surface area contributed by atoms with Crippen LogP contribution in [0.3, 0.4) is 0 Å². The summed E-state index contributed by atoms with van der Waals surface area (Å²) in [6, 6.07) is 14.5. The van der Waals surface area contributed by atoms with Gasteiger partial charge in [-0.15, -0.1) is 0 Å². The van der Waals surface area contributed by atoms with Gasteiger partial charge in [-0.1, -0.05) is 30.3 Å².